The molecule has 0 aliphatic heterocycles. The molecule has 1 N–H and O–H groups in total. The lowest BCUT2D eigenvalue weighted by Gasteiger charge is -2.49. The molecular weight excluding hydrogens is 296 g/mol. The highest BCUT2D eigenvalue weighted by molar-refractivity contribution is 5.74. The zero-order valence-electron chi connectivity index (χ0n) is 13.8. The molecule has 0 aromatic heterocycles. The van der Waals surface area contributed by atoms with E-state index in [9.17, 15) is 14.9 Å². The van der Waals surface area contributed by atoms with Crippen molar-refractivity contribution in [1.29, 1.82) is 0 Å². The van der Waals surface area contributed by atoms with Gasteiger partial charge in [-0.15, -0.1) is 0 Å². The van der Waals surface area contributed by atoms with Gasteiger partial charge in [0.15, 0.2) is 0 Å². The van der Waals surface area contributed by atoms with Gasteiger partial charge in [-0.3, -0.25) is 20.2 Å². The molecule has 0 amide bonds. The molecule has 0 radical (unpaired) electrons. The van der Waals surface area contributed by atoms with Crippen LogP contribution in [0, 0.1) is 16.0 Å². The van der Waals surface area contributed by atoms with Gasteiger partial charge in [-0.1, -0.05) is 37.3 Å². The topological polar surface area (TPSA) is 81.5 Å². The maximum Gasteiger partial charge on any atom is 0.308 e. The van der Waals surface area contributed by atoms with Crippen LogP contribution < -0.4 is 5.32 Å². The first kappa shape index (κ1) is 17.4. The number of carbonyl (C=O) groups is 1. The Bertz CT molecular complexity index is 555. The molecular formula is C17H24N2O4. The minimum absolute atomic E-state index is 0.0243. The fourth-order valence-electron chi connectivity index (χ4n) is 3.64. The quantitative estimate of drug-likeness (QED) is 0.474. The molecule has 0 heterocycles. The Kier molecular flexibility index (Phi) is 5.36. The van der Waals surface area contributed by atoms with Crippen molar-refractivity contribution in [2.45, 2.75) is 50.7 Å². The van der Waals surface area contributed by atoms with Crippen molar-refractivity contribution in [2.24, 2.45) is 5.92 Å². The van der Waals surface area contributed by atoms with E-state index in [1.54, 1.807) is 0 Å². The number of hydrogen-bond acceptors (Lipinski definition) is 5. The molecule has 1 aliphatic rings. The Morgan fingerprint density at radius 3 is 2.52 bits per heavy atom. The summed E-state index contributed by atoms with van der Waals surface area (Å²) in [6.45, 7) is 3.81. The molecule has 6 nitrogen and oxygen atoms in total. The van der Waals surface area contributed by atoms with Gasteiger partial charge >= 0.3 is 5.97 Å². The van der Waals surface area contributed by atoms with Crippen molar-refractivity contribution in [3.8, 4) is 0 Å². The highest BCUT2D eigenvalue weighted by Crippen LogP contribution is 2.44. The van der Waals surface area contributed by atoms with Crippen LogP contribution in [0.1, 0.15) is 44.7 Å². The van der Waals surface area contributed by atoms with Crippen LogP contribution in [0.4, 0.5) is 0 Å². The maximum absolute atomic E-state index is 11.7. The number of benzene rings is 1. The Hall–Kier alpha value is -1.95. The summed E-state index contributed by atoms with van der Waals surface area (Å²) < 4.78 is 4.77. The van der Waals surface area contributed by atoms with Crippen LogP contribution in [-0.2, 0) is 9.53 Å². The lowest BCUT2D eigenvalue weighted by molar-refractivity contribution is -0.540. The van der Waals surface area contributed by atoms with Crippen LogP contribution in [0.3, 0.4) is 0 Å². The van der Waals surface area contributed by atoms with Gasteiger partial charge in [-0.05, 0) is 25.3 Å². The molecule has 0 saturated heterocycles. The summed E-state index contributed by atoms with van der Waals surface area (Å²) in [6.07, 6.45) is 1.31. The lowest BCUT2D eigenvalue weighted by atomic mass is 9.63. The number of hydrogen-bond donors (Lipinski definition) is 1. The standard InChI is InChI=1S/C17H24N2O4/c1-4-15(19(21)22)17(10-14(11-17)16(20)23-3)18-12(2)13-8-6-5-7-9-13/h5-9,12,14-15,18H,4,10-11H2,1-3H3/t12-,14?,15?,17?/m1/s1. The summed E-state index contributed by atoms with van der Waals surface area (Å²) in [5.74, 6) is -0.544. The number of rotatable bonds is 7. The summed E-state index contributed by atoms with van der Waals surface area (Å²) in [5, 5.41) is 14.9. The van der Waals surface area contributed by atoms with Crippen LogP contribution in [0.5, 0.6) is 0 Å². The smallest absolute Gasteiger partial charge is 0.308 e. The Labute approximate surface area is 136 Å². The van der Waals surface area contributed by atoms with E-state index >= 15 is 0 Å². The van der Waals surface area contributed by atoms with Crippen molar-refractivity contribution in [2.75, 3.05) is 7.11 Å². The van der Waals surface area contributed by atoms with Crippen LogP contribution >= 0.6 is 0 Å². The largest absolute Gasteiger partial charge is 0.469 e. The molecule has 1 fully saturated rings. The lowest BCUT2D eigenvalue weighted by Crippen LogP contribution is -2.66. The van der Waals surface area contributed by atoms with Crippen molar-refractivity contribution in [3.05, 3.63) is 46.0 Å². The SMILES string of the molecule is CCC([N+](=O)[O-])C1(N[C@H](C)c2ccccc2)CC(C(=O)OC)C1. The van der Waals surface area contributed by atoms with E-state index in [0.29, 0.717) is 19.3 Å². The summed E-state index contributed by atoms with van der Waals surface area (Å²) in [4.78, 5) is 23.0. The van der Waals surface area contributed by atoms with Gasteiger partial charge in [0, 0.05) is 17.4 Å². The van der Waals surface area contributed by atoms with Gasteiger partial charge in [0.1, 0.15) is 0 Å². The minimum Gasteiger partial charge on any atom is -0.469 e. The normalized spacial score (nSPS) is 26.0. The summed E-state index contributed by atoms with van der Waals surface area (Å²) in [7, 11) is 1.35. The molecule has 23 heavy (non-hydrogen) atoms. The monoisotopic (exact) mass is 320 g/mol. The third kappa shape index (κ3) is 3.52. The number of nitrogens with zero attached hydrogens (tertiary/aromatic N) is 1. The average Bonchev–Trinajstić information content (AvgIpc) is 2.51. The van der Waals surface area contributed by atoms with E-state index in [1.807, 2.05) is 44.2 Å². The van der Waals surface area contributed by atoms with Crippen molar-refractivity contribution >= 4 is 5.97 Å². The molecule has 0 bridgehead atoms. The zero-order valence-corrected chi connectivity index (χ0v) is 13.8. The van der Waals surface area contributed by atoms with Gasteiger partial charge in [-0.25, -0.2) is 0 Å². The predicted octanol–water partition coefficient (Wildman–Crippen LogP) is 2.71. The van der Waals surface area contributed by atoms with Crippen molar-refractivity contribution in [3.63, 3.8) is 0 Å². The van der Waals surface area contributed by atoms with Crippen molar-refractivity contribution < 1.29 is 14.5 Å². The number of esters is 1. The van der Waals surface area contributed by atoms with Crippen molar-refractivity contribution in [1.82, 2.24) is 5.32 Å². The second kappa shape index (κ2) is 7.08. The third-order valence-electron chi connectivity index (χ3n) is 4.84. The zero-order chi connectivity index (χ0) is 17.0. The molecule has 2 rings (SSSR count). The first-order chi connectivity index (χ1) is 10.9. The first-order valence-corrected chi connectivity index (χ1v) is 7.97. The Morgan fingerprint density at radius 2 is 2.04 bits per heavy atom. The molecule has 1 unspecified atom stereocenters. The van der Waals surface area contributed by atoms with Gasteiger partial charge in [0.05, 0.1) is 18.6 Å². The van der Waals surface area contributed by atoms with E-state index in [2.05, 4.69) is 5.32 Å². The van der Waals surface area contributed by atoms with Gasteiger partial charge in [0.25, 0.3) is 0 Å². The molecule has 1 aliphatic carbocycles. The van der Waals surface area contributed by atoms with E-state index in [4.69, 9.17) is 4.74 Å². The molecule has 1 aromatic rings. The number of nitrogens with one attached hydrogen (secondary N) is 1. The minimum atomic E-state index is -0.713. The molecule has 6 heteroatoms. The fraction of sp³-hybridized carbons (Fsp3) is 0.588. The van der Waals surface area contributed by atoms with E-state index in [-0.39, 0.29) is 22.9 Å². The first-order valence-electron chi connectivity index (χ1n) is 7.97. The number of methoxy groups -OCH3 is 1. The van der Waals surface area contributed by atoms with Crippen LogP contribution in [-0.4, -0.2) is 29.6 Å². The second-order valence-corrected chi connectivity index (χ2v) is 6.27. The molecule has 126 valence electrons. The van der Waals surface area contributed by atoms with Gasteiger partial charge < -0.3 is 4.74 Å². The summed E-state index contributed by atoms with van der Waals surface area (Å²) in [6, 6.07) is 9.09. The van der Waals surface area contributed by atoms with E-state index in [1.165, 1.54) is 7.11 Å². The molecule has 0 spiro atoms. The van der Waals surface area contributed by atoms with Crippen LogP contribution in [0.25, 0.3) is 0 Å². The molecule has 2 atom stereocenters. The Morgan fingerprint density at radius 1 is 1.43 bits per heavy atom. The van der Waals surface area contributed by atoms with E-state index < -0.39 is 11.6 Å². The summed E-state index contributed by atoms with van der Waals surface area (Å²) in [5.41, 5.74) is 0.415. The number of carbonyl (C=O) groups excluding carboxylic acids is 1. The molecule has 1 saturated carbocycles. The Balaban J connectivity index is 2.18. The van der Waals surface area contributed by atoms with E-state index in [0.717, 1.165) is 5.56 Å². The highest BCUT2D eigenvalue weighted by Gasteiger charge is 2.57. The number of nitro groups is 1. The third-order valence-corrected chi connectivity index (χ3v) is 4.84. The fourth-order valence-corrected chi connectivity index (χ4v) is 3.64. The van der Waals surface area contributed by atoms with Gasteiger partial charge in [-0.2, -0.15) is 0 Å². The molecule has 1 aromatic carbocycles. The average molecular weight is 320 g/mol. The predicted molar refractivity (Wildman–Crippen MR) is 86.5 cm³/mol. The number of ether oxygens (including phenoxy) is 1. The highest BCUT2D eigenvalue weighted by atomic mass is 16.6. The second-order valence-electron chi connectivity index (χ2n) is 6.27. The van der Waals surface area contributed by atoms with Gasteiger partial charge in [0.2, 0.25) is 6.04 Å². The maximum atomic E-state index is 11.7. The van der Waals surface area contributed by atoms with Crippen LogP contribution in [0.2, 0.25) is 0 Å². The summed E-state index contributed by atoms with van der Waals surface area (Å²) >= 11 is 0. The van der Waals surface area contributed by atoms with Crippen LogP contribution in [0.15, 0.2) is 30.3 Å².